The second-order valence-electron chi connectivity index (χ2n) is 5.09. The Kier molecular flexibility index (Phi) is 5.33. The molecule has 0 aromatic rings. The summed E-state index contributed by atoms with van der Waals surface area (Å²) in [7, 11) is 1.46. The predicted molar refractivity (Wildman–Crippen MR) is 72.0 cm³/mol. The van der Waals surface area contributed by atoms with E-state index in [9.17, 15) is 9.59 Å². The first-order valence-corrected chi connectivity index (χ1v) is 7.09. The number of carbonyl (C=O) groups excluding carboxylic acids is 2. The van der Waals surface area contributed by atoms with Gasteiger partial charge in [0.15, 0.2) is 0 Å². The molecule has 2 amide bonds. The number of methoxy groups -OCH3 is 1. The van der Waals surface area contributed by atoms with Gasteiger partial charge in [-0.15, -0.1) is 0 Å². The number of morpholine rings is 1. The molecule has 2 unspecified atom stereocenters. The van der Waals surface area contributed by atoms with Crippen LogP contribution in [0, 0.1) is 0 Å². The highest BCUT2D eigenvalue weighted by atomic mass is 16.5. The van der Waals surface area contributed by atoms with E-state index in [4.69, 9.17) is 15.2 Å². The molecule has 0 bridgehead atoms. The van der Waals surface area contributed by atoms with Crippen molar-refractivity contribution in [3.05, 3.63) is 0 Å². The first kappa shape index (κ1) is 15.2. The Labute approximate surface area is 119 Å². The summed E-state index contributed by atoms with van der Waals surface area (Å²) in [5, 5.41) is 0. The summed E-state index contributed by atoms with van der Waals surface area (Å²) >= 11 is 0. The summed E-state index contributed by atoms with van der Waals surface area (Å²) in [4.78, 5) is 28.3. The molecule has 2 fully saturated rings. The molecule has 7 nitrogen and oxygen atoms in total. The normalized spacial score (nSPS) is 24.8. The smallest absolute Gasteiger partial charge is 0.253 e. The summed E-state index contributed by atoms with van der Waals surface area (Å²) in [6, 6.07) is -0.371. The van der Waals surface area contributed by atoms with Gasteiger partial charge in [-0.2, -0.15) is 0 Å². The average molecular weight is 285 g/mol. The number of rotatable bonds is 4. The highest BCUT2D eigenvalue weighted by molar-refractivity contribution is 5.90. The van der Waals surface area contributed by atoms with Gasteiger partial charge in [-0.25, -0.2) is 0 Å². The third-order valence-corrected chi connectivity index (χ3v) is 3.92. The maximum absolute atomic E-state index is 12.5. The fourth-order valence-electron chi connectivity index (χ4n) is 2.76. The minimum Gasteiger partial charge on any atom is -0.378 e. The Hall–Kier alpha value is -1.18. The Balaban J connectivity index is 2.02. The van der Waals surface area contributed by atoms with Crippen LogP contribution in [0.5, 0.6) is 0 Å². The van der Waals surface area contributed by atoms with E-state index in [1.165, 1.54) is 7.11 Å². The van der Waals surface area contributed by atoms with Gasteiger partial charge in [-0.1, -0.05) is 0 Å². The Morgan fingerprint density at radius 3 is 2.65 bits per heavy atom. The largest absolute Gasteiger partial charge is 0.378 e. The van der Waals surface area contributed by atoms with Crippen molar-refractivity contribution < 1.29 is 19.1 Å². The van der Waals surface area contributed by atoms with Crippen molar-refractivity contribution in [1.82, 2.24) is 9.80 Å². The topological polar surface area (TPSA) is 85.1 Å². The zero-order chi connectivity index (χ0) is 14.5. The molecule has 0 aromatic heterocycles. The molecule has 0 aromatic carbocycles. The summed E-state index contributed by atoms with van der Waals surface area (Å²) in [6.45, 7) is 3.06. The van der Waals surface area contributed by atoms with Crippen LogP contribution in [-0.4, -0.2) is 80.3 Å². The summed E-state index contributed by atoms with van der Waals surface area (Å²) in [6.07, 6.45) is 0.893. The van der Waals surface area contributed by atoms with E-state index in [1.807, 2.05) is 0 Å². The molecule has 0 radical (unpaired) electrons. The van der Waals surface area contributed by atoms with Crippen molar-refractivity contribution >= 4 is 11.8 Å². The zero-order valence-corrected chi connectivity index (χ0v) is 11.9. The quantitative estimate of drug-likeness (QED) is 0.702. The van der Waals surface area contributed by atoms with Crippen LogP contribution in [0.25, 0.3) is 0 Å². The van der Waals surface area contributed by atoms with Crippen molar-refractivity contribution in [2.75, 3.05) is 46.5 Å². The molecule has 114 valence electrons. The first-order valence-electron chi connectivity index (χ1n) is 7.09. The molecule has 2 aliphatic rings. The van der Waals surface area contributed by atoms with E-state index < -0.39 is 6.10 Å². The first-order chi connectivity index (χ1) is 9.69. The lowest BCUT2D eigenvalue weighted by molar-refractivity contribution is -0.151. The maximum atomic E-state index is 12.5. The number of amides is 2. The molecule has 0 saturated carbocycles. The standard InChI is InChI=1S/C13H23N3O4/c1-19-11(9-14)13(18)16-4-2-3-10(16)12(17)15-5-7-20-8-6-15/h10-11H,2-9,14H2,1H3. The molecular weight excluding hydrogens is 262 g/mol. The molecule has 2 N–H and O–H groups in total. The predicted octanol–water partition coefficient (Wildman–Crippen LogP) is -1.19. The number of hydrogen-bond acceptors (Lipinski definition) is 5. The van der Waals surface area contributed by atoms with Crippen LogP contribution >= 0.6 is 0 Å². The van der Waals surface area contributed by atoms with Crippen LogP contribution in [0.3, 0.4) is 0 Å². The molecule has 2 aliphatic heterocycles. The molecule has 0 spiro atoms. The van der Waals surface area contributed by atoms with Crippen LogP contribution in [0.4, 0.5) is 0 Å². The number of nitrogens with two attached hydrogens (primary N) is 1. The summed E-state index contributed by atoms with van der Waals surface area (Å²) < 4.78 is 10.3. The molecule has 2 heterocycles. The monoisotopic (exact) mass is 285 g/mol. The maximum Gasteiger partial charge on any atom is 0.253 e. The van der Waals surface area contributed by atoms with E-state index in [1.54, 1.807) is 9.80 Å². The highest BCUT2D eigenvalue weighted by Gasteiger charge is 2.38. The average Bonchev–Trinajstić information content (AvgIpc) is 2.98. The summed E-state index contributed by atoms with van der Waals surface area (Å²) in [5.74, 6) is -0.162. The second-order valence-corrected chi connectivity index (χ2v) is 5.09. The highest BCUT2D eigenvalue weighted by Crippen LogP contribution is 2.21. The third kappa shape index (κ3) is 3.11. The van der Waals surface area contributed by atoms with Gasteiger partial charge in [-0.05, 0) is 12.8 Å². The van der Waals surface area contributed by atoms with Crippen LogP contribution < -0.4 is 5.73 Å². The number of hydrogen-bond donors (Lipinski definition) is 1. The van der Waals surface area contributed by atoms with Gasteiger partial charge >= 0.3 is 0 Å². The lowest BCUT2D eigenvalue weighted by Crippen LogP contribution is -2.53. The number of nitrogens with zero attached hydrogens (tertiary/aromatic N) is 2. The fourth-order valence-corrected chi connectivity index (χ4v) is 2.76. The molecular formula is C13H23N3O4. The minimum absolute atomic E-state index is 0.0195. The van der Waals surface area contributed by atoms with Crippen molar-refractivity contribution in [2.45, 2.75) is 25.0 Å². The van der Waals surface area contributed by atoms with Gasteiger partial charge in [0.05, 0.1) is 13.2 Å². The van der Waals surface area contributed by atoms with E-state index >= 15 is 0 Å². The fraction of sp³-hybridized carbons (Fsp3) is 0.846. The molecule has 20 heavy (non-hydrogen) atoms. The zero-order valence-electron chi connectivity index (χ0n) is 11.9. The number of ether oxygens (including phenoxy) is 2. The Bertz CT molecular complexity index is 354. The van der Waals surface area contributed by atoms with Crippen LogP contribution in [0.15, 0.2) is 0 Å². The van der Waals surface area contributed by atoms with Gasteiger partial charge in [0.1, 0.15) is 12.1 Å². The van der Waals surface area contributed by atoms with Crippen molar-refractivity contribution in [3.63, 3.8) is 0 Å². The van der Waals surface area contributed by atoms with E-state index in [-0.39, 0.29) is 24.4 Å². The second kappa shape index (κ2) is 7.01. The van der Waals surface area contributed by atoms with E-state index in [2.05, 4.69) is 0 Å². The lowest BCUT2D eigenvalue weighted by Gasteiger charge is -2.33. The number of likely N-dealkylation sites (tertiary alicyclic amines) is 1. The van der Waals surface area contributed by atoms with Gasteiger partial charge in [0.25, 0.3) is 5.91 Å². The third-order valence-electron chi connectivity index (χ3n) is 3.92. The van der Waals surface area contributed by atoms with Crippen molar-refractivity contribution in [1.29, 1.82) is 0 Å². The Morgan fingerprint density at radius 1 is 1.35 bits per heavy atom. The SMILES string of the molecule is COC(CN)C(=O)N1CCCC1C(=O)N1CCOCC1. The van der Waals surface area contributed by atoms with Crippen molar-refractivity contribution in [2.24, 2.45) is 5.73 Å². The van der Waals surface area contributed by atoms with Crippen LogP contribution in [0.2, 0.25) is 0 Å². The van der Waals surface area contributed by atoms with Crippen LogP contribution in [0.1, 0.15) is 12.8 Å². The Morgan fingerprint density at radius 2 is 2.05 bits per heavy atom. The molecule has 2 atom stereocenters. The summed E-state index contributed by atoms with van der Waals surface area (Å²) in [5.41, 5.74) is 5.53. The molecule has 2 rings (SSSR count). The van der Waals surface area contributed by atoms with Gasteiger partial charge in [0.2, 0.25) is 5.91 Å². The lowest BCUT2D eigenvalue weighted by atomic mass is 10.1. The molecule has 0 aliphatic carbocycles. The van der Waals surface area contributed by atoms with Crippen molar-refractivity contribution in [3.8, 4) is 0 Å². The molecule has 7 heteroatoms. The van der Waals surface area contributed by atoms with Gasteiger partial charge in [0, 0.05) is 33.3 Å². The molecule has 2 saturated heterocycles. The van der Waals surface area contributed by atoms with E-state index in [0.29, 0.717) is 39.3 Å². The van der Waals surface area contributed by atoms with Crippen LogP contribution in [-0.2, 0) is 19.1 Å². The van der Waals surface area contributed by atoms with E-state index in [0.717, 1.165) is 6.42 Å². The minimum atomic E-state index is -0.659. The number of carbonyl (C=O) groups is 2. The van der Waals surface area contributed by atoms with Gasteiger partial charge < -0.3 is 25.0 Å². The van der Waals surface area contributed by atoms with Gasteiger partial charge in [-0.3, -0.25) is 9.59 Å².